The van der Waals surface area contributed by atoms with Crippen molar-refractivity contribution in [3.8, 4) is 5.75 Å². The summed E-state index contributed by atoms with van der Waals surface area (Å²) in [6, 6.07) is 2.77. The van der Waals surface area contributed by atoms with Gasteiger partial charge < -0.3 is 15.2 Å². The van der Waals surface area contributed by atoms with Crippen LogP contribution in [-0.2, 0) is 4.74 Å². The first-order chi connectivity index (χ1) is 9.27. The minimum absolute atomic E-state index is 0.0196. The van der Waals surface area contributed by atoms with Gasteiger partial charge in [-0.3, -0.25) is 0 Å². The lowest BCUT2D eigenvalue weighted by molar-refractivity contribution is -0.166. The van der Waals surface area contributed by atoms with Crippen LogP contribution in [0.15, 0.2) is 18.2 Å². The molecule has 114 valence electrons. The summed E-state index contributed by atoms with van der Waals surface area (Å²) < 4.78 is 71.7. The summed E-state index contributed by atoms with van der Waals surface area (Å²) in [5, 5.41) is 0. The summed E-state index contributed by atoms with van der Waals surface area (Å²) in [7, 11) is 1.35. The van der Waals surface area contributed by atoms with Crippen molar-refractivity contribution in [3.05, 3.63) is 29.6 Å². The number of hydrogen-bond acceptors (Lipinski definition) is 3. The quantitative estimate of drug-likeness (QED) is 0.787. The second-order valence-electron chi connectivity index (χ2n) is 4.07. The third kappa shape index (κ3) is 4.31. The molecule has 20 heavy (non-hydrogen) atoms. The first-order valence-corrected chi connectivity index (χ1v) is 5.60. The number of hydrogen-bond donors (Lipinski definition) is 1. The molecule has 0 heterocycles. The maximum absolute atomic E-state index is 13.6. The minimum Gasteiger partial charge on any atom is -0.497 e. The van der Waals surface area contributed by atoms with E-state index in [9.17, 15) is 22.0 Å². The van der Waals surface area contributed by atoms with Crippen molar-refractivity contribution in [2.45, 2.75) is 18.4 Å². The molecule has 0 aliphatic heterocycles. The van der Waals surface area contributed by atoms with E-state index in [0.29, 0.717) is 0 Å². The molecule has 0 saturated heterocycles. The predicted octanol–water partition coefficient (Wildman–Crippen LogP) is 2.75. The topological polar surface area (TPSA) is 44.5 Å². The summed E-state index contributed by atoms with van der Waals surface area (Å²) in [4.78, 5) is 0. The van der Waals surface area contributed by atoms with E-state index in [1.54, 1.807) is 0 Å². The second-order valence-corrected chi connectivity index (χ2v) is 4.07. The number of ether oxygens (including phenoxy) is 2. The fourth-order valence-electron chi connectivity index (χ4n) is 1.41. The third-order valence-electron chi connectivity index (χ3n) is 2.52. The van der Waals surface area contributed by atoms with E-state index < -0.39 is 37.4 Å². The smallest absolute Gasteiger partial charge is 0.330 e. The van der Waals surface area contributed by atoms with E-state index in [1.807, 2.05) is 0 Å². The van der Waals surface area contributed by atoms with Crippen LogP contribution in [0.5, 0.6) is 5.75 Å². The zero-order valence-electron chi connectivity index (χ0n) is 10.6. The molecule has 0 aromatic heterocycles. The normalized spacial score (nSPS) is 13.6. The van der Waals surface area contributed by atoms with Crippen molar-refractivity contribution in [3.63, 3.8) is 0 Å². The Morgan fingerprint density at radius 2 is 1.95 bits per heavy atom. The fraction of sp³-hybridized carbons (Fsp3) is 0.500. The van der Waals surface area contributed by atoms with Crippen LogP contribution in [0, 0.1) is 5.82 Å². The molecule has 1 aromatic rings. The Balaban J connectivity index is 2.57. The van der Waals surface area contributed by atoms with Gasteiger partial charge in [0, 0.05) is 11.6 Å². The van der Waals surface area contributed by atoms with Gasteiger partial charge >= 0.3 is 12.3 Å². The van der Waals surface area contributed by atoms with Gasteiger partial charge in [-0.05, 0) is 6.07 Å². The molecule has 1 atom stereocenters. The molecule has 0 radical (unpaired) electrons. The van der Waals surface area contributed by atoms with E-state index in [1.165, 1.54) is 19.2 Å². The molecule has 0 amide bonds. The highest BCUT2D eigenvalue weighted by Crippen LogP contribution is 2.24. The number of methoxy groups -OCH3 is 1. The summed E-state index contributed by atoms with van der Waals surface area (Å²) in [5.41, 5.74) is 5.57. The number of alkyl halides is 4. The van der Waals surface area contributed by atoms with E-state index in [0.717, 1.165) is 6.07 Å². The Kier molecular flexibility index (Phi) is 5.70. The zero-order valence-corrected chi connectivity index (χ0v) is 10.6. The highest BCUT2D eigenvalue weighted by molar-refractivity contribution is 5.30. The lowest BCUT2D eigenvalue weighted by Crippen LogP contribution is -2.33. The number of benzene rings is 1. The summed E-state index contributed by atoms with van der Waals surface area (Å²) in [6.45, 7) is -1.98. The lowest BCUT2D eigenvalue weighted by atomic mass is 10.1. The van der Waals surface area contributed by atoms with Crippen LogP contribution in [0.25, 0.3) is 0 Å². The molecule has 2 N–H and O–H groups in total. The Morgan fingerprint density at radius 1 is 1.30 bits per heavy atom. The van der Waals surface area contributed by atoms with Gasteiger partial charge in [0.15, 0.2) is 0 Å². The van der Waals surface area contributed by atoms with Gasteiger partial charge in [-0.25, -0.2) is 13.2 Å². The highest BCUT2D eigenvalue weighted by Gasteiger charge is 2.41. The molecule has 0 spiro atoms. The average Bonchev–Trinajstić information content (AvgIpc) is 2.37. The van der Waals surface area contributed by atoms with Crippen LogP contribution >= 0.6 is 0 Å². The summed E-state index contributed by atoms with van der Waals surface area (Å²) >= 11 is 0. The second kappa shape index (κ2) is 6.85. The molecule has 1 unspecified atom stereocenters. The molecular weight excluding hydrogens is 285 g/mol. The van der Waals surface area contributed by atoms with Crippen molar-refractivity contribution in [2.24, 2.45) is 5.73 Å². The SMILES string of the molecule is COc1ccc(C(N)COCC(F)(F)C(F)F)c(F)c1. The Hall–Kier alpha value is -1.41. The van der Waals surface area contributed by atoms with Crippen LogP contribution in [0.4, 0.5) is 22.0 Å². The maximum Gasteiger partial charge on any atom is 0.330 e. The summed E-state index contributed by atoms with van der Waals surface area (Å²) in [5.74, 6) is -4.68. The molecule has 0 fully saturated rings. The van der Waals surface area contributed by atoms with Gasteiger partial charge in [0.25, 0.3) is 0 Å². The van der Waals surface area contributed by atoms with Crippen molar-refractivity contribution in [1.29, 1.82) is 0 Å². The molecule has 3 nitrogen and oxygen atoms in total. The maximum atomic E-state index is 13.6. The van der Waals surface area contributed by atoms with Crippen LogP contribution in [0.1, 0.15) is 11.6 Å². The first-order valence-electron chi connectivity index (χ1n) is 5.60. The highest BCUT2D eigenvalue weighted by atomic mass is 19.3. The Bertz CT molecular complexity index is 442. The number of nitrogens with two attached hydrogens (primary N) is 1. The predicted molar refractivity (Wildman–Crippen MR) is 61.7 cm³/mol. The van der Waals surface area contributed by atoms with Crippen molar-refractivity contribution < 1.29 is 31.4 Å². The summed E-state index contributed by atoms with van der Waals surface area (Å²) in [6.07, 6.45) is -3.82. The van der Waals surface area contributed by atoms with Crippen LogP contribution in [0.3, 0.4) is 0 Å². The Morgan fingerprint density at radius 3 is 2.45 bits per heavy atom. The lowest BCUT2D eigenvalue weighted by Gasteiger charge is -2.18. The van der Waals surface area contributed by atoms with E-state index in [-0.39, 0.29) is 11.3 Å². The molecular formula is C12H14F5NO2. The Labute approximate surface area is 112 Å². The molecule has 0 aliphatic rings. The molecule has 1 aromatic carbocycles. The molecule has 8 heteroatoms. The van der Waals surface area contributed by atoms with E-state index in [2.05, 4.69) is 4.74 Å². The number of rotatable bonds is 7. The number of halogens is 5. The van der Waals surface area contributed by atoms with Gasteiger partial charge in [0.2, 0.25) is 0 Å². The van der Waals surface area contributed by atoms with Crippen molar-refractivity contribution >= 4 is 0 Å². The van der Waals surface area contributed by atoms with Crippen molar-refractivity contribution in [2.75, 3.05) is 20.3 Å². The van der Waals surface area contributed by atoms with Crippen LogP contribution < -0.4 is 10.5 Å². The van der Waals surface area contributed by atoms with Crippen molar-refractivity contribution in [1.82, 2.24) is 0 Å². The standard InChI is InChI=1S/C12H14F5NO2/c1-19-7-2-3-8(9(13)4-7)10(18)5-20-6-12(16,17)11(14)15/h2-4,10-11H,5-6,18H2,1H3. The molecule has 1 rings (SSSR count). The molecule has 0 aliphatic carbocycles. The molecule has 0 bridgehead atoms. The third-order valence-corrected chi connectivity index (χ3v) is 2.52. The molecule has 0 saturated carbocycles. The van der Waals surface area contributed by atoms with E-state index >= 15 is 0 Å². The average molecular weight is 299 g/mol. The fourth-order valence-corrected chi connectivity index (χ4v) is 1.41. The zero-order chi connectivity index (χ0) is 15.3. The first kappa shape index (κ1) is 16.6. The van der Waals surface area contributed by atoms with Crippen LogP contribution in [-0.4, -0.2) is 32.7 Å². The van der Waals surface area contributed by atoms with Crippen LogP contribution in [0.2, 0.25) is 0 Å². The van der Waals surface area contributed by atoms with Gasteiger partial charge in [-0.2, -0.15) is 8.78 Å². The minimum atomic E-state index is -4.25. The van der Waals surface area contributed by atoms with Gasteiger partial charge in [0.05, 0.1) is 19.8 Å². The monoisotopic (exact) mass is 299 g/mol. The largest absolute Gasteiger partial charge is 0.497 e. The van der Waals surface area contributed by atoms with E-state index in [4.69, 9.17) is 10.5 Å². The van der Waals surface area contributed by atoms with Gasteiger partial charge in [-0.1, -0.05) is 6.07 Å². The van der Waals surface area contributed by atoms with Gasteiger partial charge in [-0.15, -0.1) is 0 Å². The van der Waals surface area contributed by atoms with Gasteiger partial charge in [0.1, 0.15) is 18.2 Å².